The fraction of sp³-hybridized carbons (Fsp3) is 0.588. The van der Waals surface area contributed by atoms with Crippen LogP contribution in [0.15, 0.2) is 12.1 Å². The first-order chi connectivity index (χ1) is 11.8. The van der Waals surface area contributed by atoms with Crippen molar-refractivity contribution in [2.24, 2.45) is 5.92 Å². The van der Waals surface area contributed by atoms with Gasteiger partial charge in [-0.3, -0.25) is 10.1 Å². The Kier molecular flexibility index (Phi) is 7.97. The van der Waals surface area contributed by atoms with Crippen LogP contribution in [0.2, 0.25) is 0 Å². The molecule has 1 amide bonds. The molecule has 1 rings (SSSR count). The fourth-order valence-corrected chi connectivity index (χ4v) is 2.35. The highest BCUT2D eigenvalue weighted by molar-refractivity contribution is 5.68. The summed E-state index contributed by atoms with van der Waals surface area (Å²) in [5.41, 5.74) is 0.0843. The van der Waals surface area contributed by atoms with Gasteiger partial charge < -0.3 is 19.5 Å². The van der Waals surface area contributed by atoms with Gasteiger partial charge in [0, 0.05) is 6.54 Å². The molecule has 0 fully saturated rings. The summed E-state index contributed by atoms with van der Waals surface area (Å²) in [5.74, 6) is 0.408. The van der Waals surface area contributed by atoms with Crippen LogP contribution in [0, 0.1) is 16.0 Å². The van der Waals surface area contributed by atoms with Crippen LogP contribution in [-0.2, 0) is 4.74 Å². The second-order valence-electron chi connectivity index (χ2n) is 5.87. The third-order valence-electron chi connectivity index (χ3n) is 3.68. The summed E-state index contributed by atoms with van der Waals surface area (Å²) in [6.07, 6.45) is 0.380. The quantitative estimate of drug-likeness (QED) is 0.411. The predicted molar refractivity (Wildman–Crippen MR) is 93.2 cm³/mol. The Hall–Kier alpha value is -2.51. The van der Waals surface area contributed by atoms with Crippen LogP contribution < -0.4 is 14.8 Å². The van der Waals surface area contributed by atoms with E-state index in [1.54, 1.807) is 0 Å². The number of alkyl carbamates (subject to hydrolysis) is 1. The standard InChI is InChI=1S/C17H26N2O6/c1-6-7-8-18-17(20)25-16(11(2)3)12-9-14(23-4)15(24-5)10-13(12)19(21)22/h9-11,16H,6-8H2,1-5H3,(H,18,20). The maximum absolute atomic E-state index is 12.0. The molecule has 0 radical (unpaired) electrons. The minimum absolute atomic E-state index is 0.172. The number of carbonyl (C=O) groups is 1. The van der Waals surface area contributed by atoms with Crippen molar-refractivity contribution < 1.29 is 23.9 Å². The van der Waals surface area contributed by atoms with E-state index in [-0.39, 0.29) is 22.9 Å². The van der Waals surface area contributed by atoms with Crippen LogP contribution in [0.25, 0.3) is 0 Å². The van der Waals surface area contributed by atoms with Gasteiger partial charge >= 0.3 is 6.09 Å². The smallest absolute Gasteiger partial charge is 0.407 e. The molecule has 0 aliphatic heterocycles. The topological polar surface area (TPSA) is 99.9 Å². The minimum atomic E-state index is -0.790. The molecule has 8 nitrogen and oxygen atoms in total. The van der Waals surface area contributed by atoms with E-state index in [2.05, 4.69) is 5.32 Å². The summed E-state index contributed by atoms with van der Waals surface area (Å²) in [4.78, 5) is 22.9. The molecular formula is C17H26N2O6. The number of unbranched alkanes of at least 4 members (excludes halogenated alkanes) is 1. The van der Waals surface area contributed by atoms with E-state index in [0.717, 1.165) is 12.8 Å². The second-order valence-corrected chi connectivity index (χ2v) is 5.87. The van der Waals surface area contributed by atoms with Gasteiger partial charge in [0.2, 0.25) is 0 Å². The van der Waals surface area contributed by atoms with Gasteiger partial charge in [0.1, 0.15) is 6.10 Å². The van der Waals surface area contributed by atoms with Crippen molar-refractivity contribution >= 4 is 11.8 Å². The number of nitrogens with one attached hydrogen (secondary N) is 1. The Morgan fingerprint density at radius 1 is 1.24 bits per heavy atom. The zero-order valence-electron chi connectivity index (χ0n) is 15.3. The fourth-order valence-electron chi connectivity index (χ4n) is 2.35. The summed E-state index contributed by atoms with van der Waals surface area (Å²) in [6, 6.07) is 2.77. The number of nitro groups is 1. The molecule has 1 N–H and O–H groups in total. The summed E-state index contributed by atoms with van der Waals surface area (Å²) >= 11 is 0. The van der Waals surface area contributed by atoms with Crippen LogP contribution in [0.5, 0.6) is 11.5 Å². The molecule has 0 bridgehead atoms. The Balaban J connectivity index is 3.21. The SMILES string of the molecule is CCCCNC(=O)OC(c1cc(OC)c(OC)cc1[N+](=O)[O-])C(C)C. The third kappa shape index (κ3) is 5.51. The molecule has 1 aromatic carbocycles. The van der Waals surface area contributed by atoms with Gasteiger partial charge in [-0.2, -0.15) is 0 Å². The van der Waals surface area contributed by atoms with Gasteiger partial charge in [-0.1, -0.05) is 27.2 Å². The van der Waals surface area contributed by atoms with Crippen molar-refractivity contribution in [1.29, 1.82) is 0 Å². The first-order valence-corrected chi connectivity index (χ1v) is 8.20. The molecule has 140 valence electrons. The number of benzene rings is 1. The number of nitro benzene ring substituents is 1. The third-order valence-corrected chi connectivity index (χ3v) is 3.68. The van der Waals surface area contributed by atoms with Crippen molar-refractivity contribution in [3.8, 4) is 11.5 Å². The van der Waals surface area contributed by atoms with Gasteiger partial charge in [-0.05, 0) is 18.4 Å². The summed E-state index contributed by atoms with van der Waals surface area (Å²) in [5, 5.41) is 14.1. The molecular weight excluding hydrogens is 328 g/mol. The molecule has 0 spiro atoms. The van der Waals surface area contributed by atoms with E-state index in [0.29, 0.717) is 12.3 Å². The largest absolute Gasteiger partial charge is 0.493 e. The number of hydrogen-bond acceptors (Lipinski definition) is 6. The van der Waals surface area contributed by atoms with E-state index >= 15 is 0 Å². The van der Waals surface area contributed by atoms with E-state index < -0.39 is 17.1 Å². The number of nitrogens with zero attached hydrogens (tertiary/aromatic N) is 1. The second kappa shape index (κ2) is 9.71. The van der Waals surface area contributed by atoms with E-state index in [1.165, 1.54) is 26.4 Å². The zero-order valence-corrected chi connectivity index (χ0v) is 15.3. The van der Waals surface area contributed by atoms with Crippen molar-refractivity contribution in [3.05, 3.63) is 27.8 Å². The van der Waals surface area contributed by atoms with E-state index in [1.807, 2.05) is 20.8 Å². The van der Waals surface area contributed by atoms with Gasteiger partial charge in [-0.25, -0.2) is 4.79 Å². The number of hydrogen-bond donors (Lipinski definition) is 1. The normalized spacial score (nSPS) is 11.8. The van der Waals surface area contributed by atoms with Gasteiger partial charge in [0.05, 0.1) is 30.8 Å². The molecule has 1 unspecified atom stereocenters. The maximum atomic E-state index is 12.0. The molecule has 0 saturated heterocycles. The highest BCUT2D eigenvalue weighted by Crippen LogP contribution is 2.40. The van der Waals surface area contributed by atoms with E-state index in [4.69, 9.17) is 14.2 Å². The van der Waals surface area contributed by atoms with Crippen LogP contribution in [-0.4, -0.2) is 31.8 Å². The first kappa shape index (κ1) is 20.5. The lowest BCUT2D eigenvalue weighted by Crippen LogP contribution is -2.28. The Bertz CT molecular complexity index is 603. The Labute approximate surface area is 147 Å². The average molecular weight is 354 g/mol. The zero-order chi connectivity index (χ0) is 19.0. The number of carbonyl (C=O) groups excluding carboxylic acids is 1. The molecule has 1 atom stereocenters. The molecule has 0 aliphatic rings. The maximum Gasteiger partial charge on any atom is 0.407 e. The first-order valence-electron chi connectivity index (χ1n) is 8.20. The lowest BCUT2D eigenvalue weighted by atomic mass is 9.96. The molecule has 1 aromatic rings. The average Bonchev–Trinajstić information content (AvgIpc) is 2.58. The molecule has 25 heavy (non-hydrogen) atoms. The van der Waals surface area contributed by atoms with Crippen molar-refractivity contribution in [2.45, 2.75) is 39.7 Å². The van der Waals surface area contributed by atoms with Crippen LogP contribution in [0.4, 0.5) is 10.5 Å². The van der Waals surface area contributed by atoms with Gasteiger partial charge in [0.25, 0.3) is 5.69 Å². The molecule has 0 saturated carbocycles. The van der Waals surface area contributed by atoms with Crippen molar-refractivity contribution in [2.75, 3.05) is 20.8 Å². The van der Waals surface area contributed by atoms with Crippen LogP contribution in [0.1, 0.15) is 45.3 Å². The minimum Gasteiger partial charge on any atom is -0.493 e. The summed E-state index contributed by atoms with van der Waals surface area (Å²) in [6.45, 7) is 6.15. The van der Waals surface area contributed by atoms with Gasteiger partial charge in [0.15, 0.2) is 11.5 Å². The number of amides is 1. The number of ether oxygens (including phenoxy) is 3. The predicted octanol–water partition coefficient (Wildman–Crippen LogP) is 3.84. The number of rotatable bonds is 9. The van der Waals surface area contributed by atoms with Crippen molar-refractivity contribution in [1.82, 2.24) is 5.32 Å². The lowest BCUT2D eigenvalue weighted by Gasteiger charge is -2.23. The highest BCUT2D eigenvalue weighted by atomic mass is 16.6. The molecule has 0 aliphatic carbocycles. The molecule has 8 heteroatoms. The van der Waals surface area contributed by atoms with Crippen molar-refractivity contribution in [3.63, 3.8) is 0 Å². The molecule has 0 aromatic heterocycles. The number of methoxy groups -OCH3 is 2. The summed E-state index contributed by atoms with van der Waals surface area (Å²) < 4.78 is 15.8. The van der Waals surface area contributed by atoms with E-state index in [9.17, 15) is 14.9 Å². The lowest BCUT2D eigenvalue weighted by molar-refractivity contribution is -0.386. The van der Waals surface area contributed by atoms with Gasteiger partial charge in [-0.15, -0.1) is 0 Å². The van der Waals surface area contributed by atoms with Crippen LogP contribution in [0.3, 0.4) is 0 Å². The molecule has 0 heterocycles. The Morgan fingerprint density at radius 2 is 1.84 bits per heavy atom. The highest BCUT2D eigenvalue weighted by Gasteiger charge is 2.30. The van der Waals surface area contributed by atoms with Crippen LogP contribution >= 0.6 is 0 Å². The monoisotopic (exact) mass is 354 g/mol. The summed E-state index contributed by atoms with van der Waals surface area (Å²) in [7, 11) is 2.84. The Morgan fingerprint density at radius 3 is 2.32 bits per heavy atom.